The molecule has 24 heavy (non-hydrogen) atoms. The molecule has 1 aromatic carbocycles. The SMILES string of the molecule is C[C@@H](CC#N)N(C)C(=O)Cc1csc(-c2ccc3c(c2)OCO3)n1. The maximum atomic E-state index is 12.3. The van der Waals surface area contributed by atoms with Gasteiger partial charge in [-0.15, -0.1) is 11.3 Å². The molecule has 0 fully saturated rings. The zero-order valence-electron chi connectivity index (χ0n) is 13.5. The summed E-state index contributed by atoms with van der Waals surface area (Å²) >= 11 is 1.49. The molecule has 0 unspecified atom stereocenters. The van der Waals surface area contributed by atoms with Crippen LogP contribution in [0.2, 0.25) is 0 Å². The number of nitriles is 1. The lowest BCUT2D eigenvalue weighted by Crippen LogP contribution is -2.35. The average Bonchev–Trinajstić information content (AvgIpc) is 3.22. The van der Waals surface area contributed by atoms with Crippen LogP contribution in [-0.2, 0) is 11.2 Å². The van der Waals surface area contributed by atoms with E-state index in [2.05, 4.69) is 11.1 Å². The zero-order valence-corrected chi connectivity index (χ0v) is 14.3. The van der Waals surface area contributed by atoms with Crippen LogP contribution in [0.3, 0.4) is 0 Å². The first kappa shape index (κ1) is 16.3. The summed E-state index contributed by atoms with van der Waals surface area (Å²) in [5, 5.41) is 11.5. The topological polar surface area (TPSA) is 75.5 Å². The summed E-state index contributed by atoms with van der Waals surface area (Å²) < 4.78 is 10.7. The molecular formula is C17H17N3O3S. The Balaban J connectivity index is 1.70. The van der Waals surface area contributed by atoms with Crippen molar-refractivity contribution in [1.29, 1.82) is 5.26 Å². The van der Waals surface area contributed by atoms with Crippen LogP contribution in [-0.4, -0.2) is 35.7 Å². The fraction of sp³-hybridized carbons (Fsp3) is 0.353. The van der Waals surface area contributed by atoms with E-state index in [1.54, 1.807) is 11.9 Å². The number of ether oxygens (including phenoxy) is 2. The van der Waals surface area contributed by atoms with Crippen LogP contribution in [0.4, 0.5) is 0 Å². The second-order valence-corrected chi connectivity index (χ2v) is 6.46. The first-order valence-electron chi connectivity index (χ1n) is 7.55. The molecule has 7 heteroatoms. The molecule has 0 radical (unpaired) electrons. The smallest absolute Gasteiger partial charge is 0.231 e. The van der Waals surface area contributed by atoms with Gasteiger partial charge in [-0.05, 0) is 25.1 Å². The third kappa shape index (κ3) is 3.34. The number of carbonyl (C=O) groups is 1. The van der Waals surface area contributed by atoms with Crippen LogP contribution >= 0.6 is 11.3 Å². The minimum atomic E-state index is -0.102. The maximum Gasteiger partial charge on any atom is 0.231 e. The number of benzene rings is 1. The molecule has 2 aromatic rings. The summed E-state index contributed by atoms with van der Waals surface area (Å²) in [6.07, 6.45) is 0.551. The van der Waals surface area contributed by atoms with Gasteiger partial charge in [0, 0.05) is 24.0 Å². The summed E-state index contributed by atoms with van der Waals surface area (Å²) in [5.41, 5.74) is 1.67. The van der Waals surface area contributed by atoms with Gasteiger partial charge in [0.05, 0.1) is 24.6 Å². The van der Waals surface area contributed by atoms with E-state index >= 15 is 0 Å². The highest BCUT2D eigenvalue weighted by molar-refractivity contribution is 7.13. The monoisotopic (exact) mass is 343 g/mol. The van der Waals surface area contributed by atoms with Crippen LogP contribution in [0.25, 0.3) is 10.6 Å². The Bertz CT molecular complexity index is 797. The molecule has 6 nitrogen and oxygen atoms in total. The summed E-state index contributed by atoms with van der Waals surface area (Å²) in [6, 6.07) is 7.67. The molecule has 0 saturated carbocycles. The predicted molar refractivity (Wildman–Crippen MR) is 89.8 cm³/mol. The predicted octanol–water partition coefficient (Wildman–Crippen LogP) is 2.84. The lowest BCUT2D eigenvalue weighted by atomic mass is 10.2. The fourth-order valence-corrected chi connectivity index (χ4v) is 3.16. The Morgan fingerprint density at radius 1 is 1.46 bits per heavy atom. The van der Waals surface area contributed by atoms with E-state index in [-0.39, 0.29) is 25.2 Å². The highest BCUT2D eigenvalue weighted by Gasteiger charge is 2.18. The number of amides is 1. The summed E-state index contributed by atoms with van der Waals surface area (Å²) in [4.78, 5) is 18.4. The third-order valence-electron chi connectivity index (χ3n) is 3.94. The van der Waals surface area contributed by atoms with Crippen LogP contribution in [0.15, 0.2) is 23.6 Å². The van der Waals surface area contributed by atoms with Gasteiger partial charge in [0.1, 0.15) is 5.01 Å². The molecule has 0 bridgehead atoms. The highest BCUT2D eigenvalue weighted by Crippen LogP contribution is 2.36. The number of aromatic nitrogens is 1. The zero-order chi connectivity index (χ0) is 17.1. The molecule has 124 valence electrons. The van der Waals surface area contributed by atoms with Crippen LogP contribution < -0.4 is 9.47 Å². The number of rotatable bonds is 5. The van der Waals surface area contributed by atoms with Crippen LogP contribution in [0, 0.1) is 11.3 Å². The second-order valence-electron chi connectivity index (χ2n) is 5.60. The van der Waals surface area contributed by atoms with Gasteiger partial charge in [-0.1, -0.05) is 0 Å². The van der Waals surface area contributed by atoms with Crippen LogP contribution in [0.5, 0.6) is 11.5 Å². The summed E-state index contributed by atoms with van der Waals surface area (Å²) in [5.74, 6) is 1.41. The van der Waals surface area contributed by atoms with E-state index in [1.807, 2.05) is 30.5 Å². The fourth-order valence-electron chi connectivity index (χ4n) is 2.34. The molecule has 1 amide bonds. The third-order valence-corrected chi connectivity index (χ3v) is 4.89. The van der Waals surface area contributed by atoms with Crippen molar-refractivity contribution >= 4 is 17.2 Å². The molecule has 0 N–H and O–H groups in total. The molecule has 1 aromatic heterocycles. The molecule has 0 spiro atoms. The van der Waals surface area contributed by atoms with Crippen molar-refractivity contribution in [3.8, 4) is 28.1 Å². The van der Waals surface area contributed by atoms with E-state index in [1.165, 1.54) is 11.3 Å². The van der Waals surface area contributed by atoms with Gasteiger partial charge < -0.3 is 14.4 Å². The van der Waals surface area contributed by atoms with Crippen molar-refractivity contribution in [2.75, 3.05) is 13.8 Å². The molecule has 0 saturated heterocycles. The molecule has 0 aliphatic carbocycles. The van der Waals surface area contributed by atoms with Crippen molar-refractivity contribution in [3.05, 3.63) is 29.3 Å². The van der Waals surface area contributed by atoms with Gasteiger partial charge in [0.25, 0.3) is 0 Å². The van der Waals surface area contributed by atoms with Gasteiger partial charge in [0.2, 0.25) is 12.7 Å². The van der Waals surface area contributed by atoms with Gasteiger partial charge in [-0.25, -0.2) is 4.98 Å². The van der Waals surface area contributed by atoms with Crippen molar-refractivity contribution < 1.29 is 14.3 Å². The average molecular weight is 343 g/mol. The van der Waals surface area contributed by atoms with Crippen molar-refractivity contribution in [3.63, 3.8) is 0 Å². The molecule has 1 atom stereocenters. The van der Waals surface area contributed by atoms with E-state index in [0.717, 1.165) is 22.0 Å². The van der Waals surface area contributed by atoms with Crippen LogP contribution in [0.1, 0.15) is 19.0 Å². The molecule has 1 aliphatic heterocycles. The lowest BCUT2D eigenvalue weighted by Gasteiger charge is -2.22. The molecule has 1 aliphatic rings. The largest absolute Gasteiger partial charge is 0.454 e. The second kappa shape index (κ2) is 6.89. The van der Waals surface area contributed by atoms with E-state index in [4.69, 9.17) is 14.7 Å². The van der Waals surface area contributed by atoms with Gasteiger partial charge in [-0.2, -0.15) is 5.26 Å². The first-order valence-corrected chi connectivity index (χ1v) is 8.43. The highest BCUT2D eigenvalue weighted by atomic mass is 32.1. The summed E-state index contributed by atoms with van der Waals surface area (Å²) in [6.45, 7) is 2.10. The van der Waals surface area contributed by atoms with E-state index in [9.17, 15) is 4.79 Å². The molecule has 3 rings (SSSR count). The molecule has 2 heterocycles. The number of thiazole rings is 1. The normalized spacial score (nSPS) is 13.4. The Kier molecular flexibility index (Phi) is 4.67. The Hall–Kier alpha value is -2.59. The number of likely N-dealkylation sites (N-methyl/N-ethyl adjacent to an activating group) is 1. The van der Waals surface area contributed by atoms with Crippen molar-refractivity contribution in [2.45, 2.75) is 25.8 Å². The standard InChI is InChI=1S/C17H17N3O3S/c1-11(5-6-18)20(2)16(21)8-13-9-24-17(19-13)12-3-4-14-15(7-12)23-10-22-14/h3-4,7,9,11H,5,8,10H2,1-2H3/t11-/m0/s1. The number of hydrogen-bond donors (Lipinski definition) is 0. The minimum absolute atomic E-state index is 0.0414. The molecular weight excluding hydrogens is 326 g/mol. The Labute approximate surface area is 144 Å². The first-order chi connectivity index (χ1) is 11.6. The summed E-state index contributed by atoms with van der Waals surface area (Å²) in [7, 11) is 1.72. The van der Waals surface area contributed by atoms with Crippen molar-refractivity contribution in [1.82, 2.24) is 9.88 Å². The lowest BCUT2D eigenvalue weighted by molar-refractivity contribution is -0.130. The van der Waals surface area contributed by atoms with Crippen molar-refractivity contribution in [2.24, 2.45) is 0 Å². The van der Waals surface area contributed by atoms with Gasteiger partial charge >= 0.3 is 0 Å². The Morgan fingerprint density at radius 3 is 3.04 bits per heavy atom. The number of fused-ring (bicyclic) bond motifs is 1. The number of carbonyl (C=O) groups excluding carboxylic acids is 1. The minimum Gasteiger partial charge on any atom is -0.454 e. The number of hydrogen-bond acceptors (Lipinski definition) is 6. The van der Waals surface area contributed by atoms with E-state index in [0.29, 0.717) is 12.2 Å². The Morgan fingerprint density at radius 2 is 2.25 bits per heavy atom. The maximum absolute atomic E-state index is 12.3. The quantitative estimate of drug-likeness (QED) is 0.834. The van der Waals surface area contributed by atoms with Gasteiger partial charge in [-0.3, -0.25) is 4.79 Å². The number of nitrogens with zero attached hydrogens (tertiary/aromatic N) is 3. The van der Waals surface area contributed by atoms with Gasteiger partial charge in [0.15, 0.2) is 11.5 Å². The van der Waals surface area contributed by atoms with E-state index < -0.39 is 0 Å².